The molecule has 0 spiro atoms. The molecule has 0 radical (unpaired) electrons. The molecule has 0 aliphatic carbocycles. The minimum atomic E-state index is -0.840. The van der Waals surface area contributed by atoms with Gasteiger partial charge in [-0.2, -0.15) is 0 Å². The lowest BCUT2D eigenvalue weighted by Crippen LogP contribution is -2.56. The third-order valence-corrected chi connectivity index (χ3v) is 10.3. The number of benzene rings is 3. The van der Waals surface area contributed by atoms with E-state index in [0.717, 1.165) is 40.0 Å². The molecule has 8 heteroatoms. The largest absolute Gasteiger partial charge is 0.354 e. The third-order valence-electron chi connectivity index (χ3n) is 9.43. The van der Waals surface area contributed by atoms with Crippen LogP contribution in [0.1, 0.15) is 49.1 Å². The summed E-state index contributed by atoms with van der Waals surface area (Å²) in [4.78, 5) is 45.8. The minimum Gasteiger partial charge on any atom is -0.354 e. The maximum Gasteiger partial charge on any atom is 0.246 e. The number of amides is 3. The van der Waals surface area contributed by atoms with E-state index in [2.05, 4.69) is 17.4 Å². The van der Waals surface area contributed by atoms with E-state index in [1.807, 2.05) is 110 Å². The van der Waals surface area contributed by atoms with Crippen LogP contribution >= 0.6 is 11.3 Å². The van der Waals surface area contributed by atoms with Crippen molar-refractivity contribution in [2.75, 3.05) is 20.6 Å². The minimum absolute atomic E-state index is 0.224. The molecule has 49 heavy (non-hydrogen) atoms. The number of nitrogens with two attached hydrogens (primary N) is 1. The van der Waals surface area contributed by atoms with Gasteiger partial charge in [0.25, 0.3) is 0 Å². The SMILES string of the molecule is CCC(N)(CC)C/C=C/C(=O)N(C)[C@H](Cc1ccc(-c2ccccc2)cc1)C(=O)N(C)[C@H](Cc1cccs1)C(=O)NCCc1ccccc1. The van der Waals surface area contributed by atoms with Gasteiger partial charge in [0.1, 0.15) is 12.1 Å². The van der Waals surface area contributed by atoms with Gasteiger partial charge in [0.05, 0.1) is 0 Å². The quantitative estimate of drug-likeness (QED) is 0.122. The van der Waals surface area contributed by atoms with Crippen molar-refractivity contribution < 1.29 is 14.4 Å². The van der Waals surface area contributed by atoms with Gasteiger partial charge < -0.3 is 20.9 Å². The fourth-order valence-electron chi connectivity index (χ4n) is 5.79. The predicted octanol–water partition coefficient (Wildman–Crippen LogP) is 6.68. The van der Waals surface area contributed by atoms with E-state index in [0.29, 0.717) is 32.2 Å². The Morgan fingerprint density at radius 1 is 0.776 bits per heavy atom. The summed E-state index contributed by atoms with van der Waals surface area (Å²) in [6, 6.07) is 30.5. The first kappa shape index (κ1) is 37.3. The number of likely N-dealkylation sites (N-methyl/N-ethyl adjacent to an activating group) is 2. The summed E-state index contributed by atoms with van der Waals surface area (Å²) in [5.74, 6) is -0.811. The standard InChI is InChI=1S/C41H50N4O3S/c1-5-41(42,6-2)26-13-20-38(46)44(3)37(29-32-21-23-34(24-22-32)33-17-11-8-12-18-33)40(48)45(4)36(30-35-19-14-28-49-35)39(47)43-27-25-31-15-9-7-10-16-31/h7-24,28,36-37H,5-6,25-27,29-30,42H2,1-4H3,(H,43,47)/b20-13+/t36-,37-/m1/s1. The van der Waals surface area contributed by atoms with Crippen molar-refractivity contribution in [2.24, 2.45) is 5.73 Å². The van der Waals surface area contributed by atoms with E-state index in [-0.39, 0.29) is 23.3 Å². The maximum atomic E-state index is 14.5. The van der Waals surface area contributed by atoms with Gasteiger partial charge in [0, 0.05) is 43.9 Å². The Bertz CT molecular complexity index is 1640. The average Bonchev–Trinajstić information content (AvgIpc) is 3.66. The number of nitrogens with zero attached hydrogens (tertiary/aromatic N) is 2. The molecule has 4 rings (SSSR count). The summed E-state index contributed by atoms with van der Waals surface area (Å²) in [5.41, 5.74) is 10.3. The monoisotopic (exact) mass is 678 g/mol. The Morgan fingerprint density at radius 2 is 1.41 bits per heavy atom. The molecule has 3 amide bonds. The fraction of sp³-hybridized carbons (Fsp3) is 0.341. The van der Waals surface area contributed by atoms with Crippen LogP contribution in [0.4, 0.5) is 0 Å². The highest BCUT2D eigenvalue weighted by atomic mass is 32.1. The van der Waals surface area contributed by atoms with Gasteiger partial charge in [-0.3, -0.25) is 14.4 Å². The maximum absolute atomic E-state index is 14.5. The van der Waals surface area contributed by atoms with Crippen LogP contribution in [0.5, 0.6) is 0 Å². The van der Waals surface area contributed by atoms with Gasteiger partial charge in [-0.25, -0.2) is 0 Å². The summed E-state index contributed by atoms with van der Waals surface area (Å²) < 4.78 is 0. The number of hydrogen-bond acceptors (Lipinski definition) is 5. The van der Waals surface area contributed by atoms with Crippen molar-refractivity contribution in [1.82, 2.24) is 15.1 Å². The molecule has 7 nitrogen and oxygen atoms in total. The second-order valence-electron chi connectivity index (χ2n) is 12.7. The smallest absolute Gasteiger partial charge is 0.246 e. The number of thiophene rings is 1. The molecule has 258 valence electrons. The molecule has 0 bridgehead atoms. The number of hydrogen-bond donors (Lipinski definition) is 2. The van der Waals surface area contributed by atoms with Crippen molar-refractivity contribution in [3.8, 4) is 11.1 Å². The van der Waals surface area contributed by atoms with Crippen molar-refractivity contribution in [3.05, 3.63) is 131 Å². The summed E-state index contributed by atoms with van der Waals surface area (Å²) in [7, 11) is 3.33. The Morgan fingerprint density at radius 3 is 2.02 bits per heavy atom. The Balaban J connectivity index is 1.58. The van der Waals surface area contributed by atoms with Crippen LogP contribution in [0.3, 0.4) is 0 Å². The summed E-state index contributed by atoms with van der Waals surface area (Å²) in [6.07, 6.45) is 6.83. The Hall–Kier alpha value is -4.53. The summed E-state index contributed by atoms with van der Waals surface area (Å²) in [5, 5.41) is 5.03. The van der Waals surface area contributed by atoms with Crippen LogP contribution in [0.15, 0.2) is 115 Å². The lowest BCUT2D eigenvalue weighted by Gasteiger charge is -2.34. The second-order valence-corrected chi connectivity index (χ2v) is 13.7. The molecule has 0 unspecified atom stereocenters. The number of nitrogens with one attached hydrogen (secondary N) is 1. The number of rotatable bonds is 17. The van der Waals surface area contributed by atoms with Crippen LogP contribution in [0, 0.1) is 0 Å². The molecule has 0 aliphatic rings. The molecule has 4 aromatic rings. The first-order chi connectivity index (χ1) is 23.6. The van der Waals surface area contributed by atoms with Crippen LogP contribution in [-0.2, 0) is 33.6 Å². The Kier molecular flexibility index (Phi) is 13.9. The highest BCUT2D eigenvalue weighted by Crippen LogP contribution is 2.22. The molecule has 3 N–H and O–H groups in total. The van der Waals surface area contributed by atoms with Crippen molar-refractivity contribution in [1.29, 1.82) is 0 Å². The topological polar surface area (TPSA) is 95.7 Å². The lowest BCUT2D eigenvalue weighted by molar-refractivity contribution is -0.146. The van der Waals surface area contributed by atoms with Crippen molar-refractivity contribution in [3.63, 3.8) is 0 Å². The van der Waals surface area contributed by atoms with Crippen molar-refractivity contribution in [2.45, 2.75) is 70.0 Å². The van der Waals surface area contributed by atoms with E-state index in [4.69, 9.17) is 5.73 Å². The van der Waals surface area contributed by atoms with E-state index in [9.17, 15) is 14.4 Å². The molecule has 0 fully saturated rings. The predicted molar refractivity (Wildman–Crippen MR) is 201 cm³/mol. The molecule has 3 aromatic carbocycles. The second kappa shape index (κ2) is 18.3. The first-order valence-corrected chi connectivity index (χ1v) is 18.0. The fourth-order valence-corrected chi connectivity index (χ4v) is 6.53. The van der Waals surface area contributed by atoms with E-state index in [1.54, 1.807) is 25.4 Å². The Labute approximate surface area is 295 Å². The van der Waals surface area contributed by atoms with Gasteiger partial charge in [0.15, 0.2) is 0 Å². The third kappa shape index (κ3) is 10.7. The average molecular weight is 679 g/mol. The lowest BCUT2D eigenvalue weighted by atomic mass is 9.90. The van der Waals surface area contributed by atoms with Gasteiger partial charge in [0.2, 0.25) is 17.7 Å². The highest BCUT2D eigenvalue weighted by Gasteiger charge is 2.35. The van der Waals surface area contributed by atoms with Crippen LogP contribution in [-0.4, -0.2) is 65.8 Å². The van der Waals surface area contributed by atoms with Crippen LogP contribution in [0.2, 0.25) is 0 Å². The molecule has 1 heterocycles. The van der Waals surface area contributed by atoms with Crippen LogP contribution < -0.4 is 11.1 Å². The summed E-state index contributed by atoms with van der Waals surface area (Å²) in [6.45, 7) is 4.54. The van der Waals surface area contributed by atoms with E-state index < -0.39 is 12.1 Å². The molecular formula is C41H50N4O3S. The van der Waals surface area contributed by atoms with Gasteiger partial charge in [-0.05, 0) is 65.5 Å². The zero-order valence-electron chi connectivity index (χ0n) is 29.2. The van der Waals surface area contributed by atoms with Crippen LogP contribution in [0.25, 0.3) is 11.1 Å². The molecule has 0 saturated heterocycles. The van der Waals surface area contributed by atoms with Gasteiger partial charge in [-0.1, -0.05) is 111 Å². The van der Waals surface area contributed by atoms with E-state index in [1.165, 1.54) is 15.9 Å². The van der Waals surface area contributed by atoms with E-state index >= 15 is 0 Å². The molecule has 0 aliphatic heterocycles. The molecule has 2 atom stereocenters. The van der Waals surface area contributed by atoms with Gasteiger partial charge >= 0.3 is 0 Å². The normalized spacial score (nSPS) is 12.8. The summed E-state index contributed by atoms with van der Waals surface area (Å²) >= 11 is 1.55. The first-order valence-electron chi connectivity index (χ1n) is 17.1. The van der Waals surface area contributed by atoms with Crippen molar-refractivity contribution >= 4 is 29.1 Å². The molecule has 0 saturated carbocycles. The zero-order valence-corrected chi connectivity index (χ0v) is 30.0. The number of carbonyl (C=O) groups is 3. The molecule has 1 aromatic heterocycles. The van der Waals surface area contributed by atoms with Gasteiger partial charge in [-0.15, -0.1) is 11.3 Å². The number of carbonyl (C=O) groups excluding carboxylic acids is 3. The molecular weight excluding hydrogens is 629 g/mol. The highest BCUT2D eigenvalue weighted by molar-refractivity contribution is 7.09. The zero-order chi connectivity index (χ0) is 35.2.